The van der Waals surface area contributed by atoms with Crippen LogP contribution in [0.4, 0.5) is 0 Å². The third kappa shape index (κ3) is 4.68. The molecule has 1 heterocycles. The highest BCUT2D eigenvalue weighted by Crippen LogP contribution is 2.23. The zero-order chi connectivity index (χ0) is 12.7. The zero-order valence-corrected chi connectivity index (χ0v) is 11.4. The van der Waals surface area contributed by atoms with Crippen LogP contribution in [0.5, 0.6) is 0 Å². The fourth-order valence-electron chi connectivity index (χ4n) is 2.43. The molecule has 3 nitrogen and oxygen atoms in total. The molecule has 0 amide bonds. The molecule has 1 saturated heterocycles. The van der Waals surface area contributed by atoms with E-state index in [0.717, 1.165) is 37.4 Å². The van der Waals surface area contributed by atoms with Crippen molar-refractivity contribution in [3.63, 3.8) is 0 Å². The average molecular weight is 235 g/mol. The minimum Gasteiger partial charge on any atom is -0.356 e. The van der Waals surface area contributed by atoms with E-state index in [2.05, 4.69) is 41.9 Å². The molecule has 0 bridgehead atoms. The fraction of sp³-hybridized carbons (Fsp3) is 0.786. The molecule has 0 radical (unpaired) electrons. The van der Waals surface area contributed by atoms with Gasteiger partial charge >= 0.3 is 0 Å². The molecule has 0 aliphatic carbocycles. The van der Waals surface area contributed by atoms with Crippen LogP contribution < -0.4 is 5.32 Å². The zero-order valence-electron chi connectivity index (χ0n) is 11.4. The molecule has 1 rings (SSSR count). The van der Waals surface area contributed by atoms with Crippen molar-refractivity contribution in [3.05, 3.63) is 0 Å². The van der Waals surface area contributed by atoms with Gasteiger partial charge in [-0.3, -0.25) is 0 Å². The molecule has 0 aromatic rings. The van der Waals surface area contributed by atoms with Crippen molar-refractivity contribution < 1.29 is 0 Å². The SMILES string of the molecule is C#CCN=C(NCC)N1CCC(CC(C)C)C1. The third-order valence-electron chi connectivity index (χ3n) is 3.05. The Morgan fingerprint density at radius 1 is 1.59 bits per heavy atom. The Morgan fingerprint density at radius 2 is 2.35 bits per heavy atom. The Hall–Kier alpha value is -1.17. The first kappa shape index (κ1) is 13.9. The van der Waals surface area contributed by atoms with E-state index in [9.17, 15) is 0 Å². The number of hydrogen-bond donors (Lipinski definition) is 1. The van der Waals surface area contributed by atoms with E-state index in [0.29, 0.717) is 6.54 Å². The molecule has 1 fully saturated rings. The second kappa shape index (κ2) is 7.21. The smallest absolute Gasteiger partial charge is 0.194 e. The van der Waals surface area contributed by atoms with Gasteiger partial charge in [-0.2, -0.15) is 0 Å². The first-order valence-electron chi connectivity index (χ1n) is 6.64. The molecule has 0 saturated carbocycles. The summed E-state index contributed by atoms with van der Waals surface area (Å²) >= 11 is 0. The van der Waals surface area contributed by atoms with E-state index in [1.807, 2.05) is 0 Å². The summed E-state index contributed by atoms with van der Waals surface area (Å²) in [6, 6.07) is 0. The summed E-state index contributed by atoms with van der Waals surface area (Å²) in [4.78, 5) is 6.76. The first-order valence-corrected chi connectivity index (χ1v) is 6.64. The monoisotopic (exact) mass is 235 g/mol. The topological polar surface area (TPSA) is 27.6 Å². The van der Waals surface area contributed by atoms with E-state index in [-0.39, 0.29) is 0 Å². The van der Waals surface area contributed by atoms with Crippen LogP contribution in [0.2, 0.25) is 0 Å². The largest absolute Gasteiger partial charge is 0.356 e. The van der Waals surface area contributed by atoms with Gasteiger partial charge in [0.2, 0.25) is 0 Å². The fourth-order valence-corrected chi connectivity index (χ4v) is 2.43. The summed E-state index contributed by atoms with van der Waals surface area (Å²) in [7, 11) is 0. The predicted molar refractivity (Wildman–Crippen MR) is 73.9 cm³/mol. The molecule has 1 aliphatic rings. The summed E-state index contributed by atoms with van der Waals surface area (Å²) in [5.41, 5.74) is 0. The average Bonchev–Trinajstić information content (AvgIpc) is 2.71. The van der Waals surface area contributed by atoms with Gasteiger partial charge in [-0.1, -0.05) is 19.8 Å². The number of aliphatic imine (C=N–C) groups is 1. The minimum absolute atomic E-state index is 0.466. The molecule has 96 valence electrons. The minimum atomic E-state index is 0.466. The highest BCUT2D eigenvalue weighted by molar-refractivity contribution is 5.80. The van der Waals surface area contributed by atoms with Crippen molar-refractivity contribution in [2.24, 2.45) is 16.8 Å². The lowest BCUT2D eigenvalue weighted by atomic mass is 9.97. The lowest BCUT2D eigenvalue weighted by Crippen LogP contribution is -2.40. The van der Waals surface area contributed by atoms with Crippen LogP contribution in [0, 0.1) is 24.2 Å². The van der Waals surface area contributed by atoms with Gasteiger partial charge in [-0.05, 0) is 31.6 Å². The number of rotatable bonds is 4. The van der Waals surface area contributed by atoms with Crippen LogP contribution in [0.3, 0.4) is 0 Å². The highest BCUT2D eigenvalue weighted by atomic mass is 15.3. The van der Waals surface area contributed by atoms with Crippen LogP contribution in [0.25, 0.3) is 0 Å². The van der Waals surface area contributed by atoms with Crippen molar-refractivity contribution >= 4 is 5.96 Å². The molecule has 0 spiro atoms. The van der Waals surface area contributed by atoms with E-state index < -0.39 is 0 Å². The molecule has 0 aromatic carbocycles. The quantitative estimate of drug-likeness (QED) is 0.458. The molecule has 17 heavy (non-hydrogen) atoms. The van der Waals surface area contributed by atoms with Crippen LogP contribution in [-0.4, -0.2) is 37.0 Å². The van der Waals surface area contributed by atoms with Crippen LogP contribution in [0.15, 0.2) is 4.99 Å². The van der Waals surface area contributed by atoms with E-state index >= 15 is 0 Å². The number of terminal acetylenes is 1. The molecule has 3 heteroatoms. The lowest BCUT2D eigenvalue weighted by molar-refractivity contribution is 0.404. The molecular formula is C14H25N3. The second-order valence-electron chi connectivity index (χ2n) is 5.10. The van der Waals surface area contributed by atoms with Gasteiger partial charge in [0.1, 0.15) is 6.54 Å². The van der Waals surface area contributed by atoms with Crippen molar-refractivity contribution in [1.29, 1.82) is 0 Å². The number of nitrogens with one attached hydrogen (secondary N) is 1. The van der Waals surface area contributed by atoms with E-state index in [4.69, 9.17) is 6.42 Å². The number of guanidine groups is 1. The van der Waals surface area contributed by atoms with Crippen molar-refractivity contribution in [1.82, 2.24) is 10.2 Å². The second-order valence-corrected chi connectivity index (χ2v) is 5.10. The number of likely N-dealkylation sites (tertiary alicyclic amines) is 1. The van der Waals surface area contributed by atoms with Gasteiger partial charge in [-0.15, -0.1) is 6.42 Å². The van der Waals surface area contributed by atoms with E-state index in [1.54, 1.807) is 0 Å². The van der Waals surface area contributed by atoms with Gasteiger partial charge in [-0.25, -0.2) is 4.99 Å². The predicted octanol–water partition coefficient (Wildman–Crippen LogP) is 1.95. The normalized spacial score (nSPS) is 20.8. The van der Waals surface area contributed by atoms with Crippen LogP contribution in [-0.2, 0) is 0 Å². The number of nitrogens with zero attached hydrogens (tertiary/aromatic N) is 2. The molecule has 1 N–H and O–H groups in total. The maximum absolute atomic E-state index is 5.26. The molecular weight excluding hydrogens is 210 g/mol. The molecule has 1 atom stereocenters. The maximum Gasteiger partial charge on any atom is 0.194 e. The van der Waals surface area contributed by atoms with Gasteiger partial charge in [0.05, 0.1) is 0 Å². The third-order valence-corrected chi connectivity index (χ3v) is 3.05. The Bertz CT molecular complexity index is 288. The Balaban J connectivity index is 2.51. The van der Waals surface area contributed by atoms with E-state index in [1.165, 1.54) is 12.8 Å². The van der Waals surface area contributed by atoms with Crippen LogP contribution >= 0.6 is 0 Å². The summed E-state index contributed by atoms with van der Waals surface area (Å²) in [6.07, 6.45) is 7.85. The van der Waals surface area contributed by atoms with Crippen molar-refractivity contribution in [2.75, 3.05) is 26.2 Å². The molecule has 0 aromatic heterocycles. The summed E-state index contributed by atoms with van der Waals surface area (Å²) in [6.45, 7) is 10.3. The van der Waals surface area contributed by atoms with Crippen LogP contribution in [0.1, 0.15) is 33.6 Å². The van der Waals surface area contributed by atoms with Crippen molar-refractivity contribution in [3.8, 4) is 12.3 Å². The Kier molecular flexibility index (Phi) is 5.90. The standard InChI is InChI=1S/C14H25N3/c1-5-8-16-14(15-6-2)17-9-7-13(11-17)10-12(3)4/h1,12-13H,6-11H2,2-4H3,(H,15,16). The van der Waals surface area contributed by atoms with Gasteiger partial charge in [0.25, 0.3) is 0 Å². The van der Waals surface area contributed by atoms with Gasteiger partial charge < -0.3 is 10.2 Å². The van der Waals surface area contributed by atoms with Crippen molar-refractivity contribution in [2.45, 2.75) is 33.6 Å². The van der Waals surface area contributed by atoms with Gasteiger partial charge in [0.15, 0.2) is 5.96 Å². The summed E-state index contributed by atoms with van der Waals surface area (Å²) < 4.78 is 0. The summed E-state index contributed by atoms with van der Waals surface area (Å²) in [5, 5.41) is 3.31. The first-order chi connectivity index (χ1) is 8.17. The lowest BCUT2D eigenvalue weighted by Gasteiger charge is -2.21. The van der Waals surface area contributed by atoms with Gasteiger partial charge in [0, 0.05) is 19.6 Å². The number of hydrogen-bond acceptors (Lipinski definition) is 1. The Morgan fingerprint density at radius 3 is 2.94 bits per heavy atom. The maximum atomic E-state index is 5.26. The Labute approximate surface area is 106 Å². The summed E-state index contributed by atoms with van der Waals surface area (Å²) in [5.74, 6) is 5.14. The molecule has 1 unspecified atom stereocenters. The molecule has 1 aliphatic heterocycles. The highest BCUT2D eigenvalue weighted by Gasteiger charge is 2.25.